The number of carbonyl (C=O) groups is 2. The van der Waals surface area contributed by atoms with Crippen molar-refractivity contribution in [2.24, 2.45) is 0 Å². The van der Waals surface area contributed by atoms with Crippen LogP contribution in [0.5, 0.6) is 5.75 Å². The van der Waals surface area contributed by atoms with E-state index in [1.165, 1.54) is 11.8 Å². The van der Waals surface area contributed by atoms with Gasteiger partial charge in [0.25, 0.3) is 0 Å². The second kappa shape index (κ2) is 9.96. The maximum absolute atomic E-state index is 11.9. The number of hydrogen-bond acceptors (Lipinski definition) is 4. The van der Waals surface area contributed by atoms with Crippen LogP contribution in [0.15, 0.2) is 48.5 Å². The number of ether oxygens (including phenoxy) is 1. The minimum absolute atomic E-state index is 0.137. The van der Waals surface area contributed by atoms with Gasteiger partial charge in [-0.3, -0.25) is 9.59 Å². The summed E-state index contributed by atoms with van der Waals surface area (Å²) in [6.07, 6.45) is 0. The van der Waals surface area contributed by atoms with Crippen LogP contribution in [0.4, 0.5) is 5.69 Å². The Hall–Kier alpha value is -2.18. The lowest BCUT2D eigenvalue weighted by Gasteiger charge is -2.08. The number of amides is 2. The molecule has 0 atom stereocenters. The molecule has 2 aromatic rings. The van der Waals surface area contributed by atoms with Crippen LogP contribution in [0, 0.1) is 0 Å². The molecule has 0 bridgehead atoms. The highest BCUT2D eigenvalue weighted by Crippen LogP contribution is 2.16. The molecule has 0 saturated carbocycles. The van der Waals surface area contributed by atoms with Gasteiger partial charge in [-0.2, -0.15) is 0 Å². The van der Waals surface area contributed by atoms with E-state index in [0.717, 1.165) is 11.3 Å². The summed E-state index contributed by atoms with van der Waals surface area (Å²) in [7, 11) is 1.58. The molecular weight excluding hydrogens is 360 g/mol. The zero-order valence-corrected chi connectivity index (χ0v) is 15.3. The predicted octanol–water partition coefficient (Wildman–Crippen LogP) is 3.34. The molecule has 132 valence electrons. The van der Waals surface area contributed by atoms with Crippen molar-refractivity contribution in [1.29, 1.82) is 0 Å². The lowest BCUT2D eigenvalue weighted by Crippen LogP contribution is -2.25. The van der Waals surface area contributed by atoms with E-state index in [9.17, 15) is 9.59 Å². The van der Waals surface area contributed by atoms with Crippen LogP contribution in [0.2, 0.25) is 5.02 Å². The van der Waals surface area contributed by atoms with E-state index in [-0.39, 0.29) is 23.3 Å². The molecule has 0 heterocycles. The topological polar surface area (TPSA) is 67.4 Å². The highest BCUT2D eigenvalue weighted by Gasteiger charge is 2.07. The van der Waals surface area contributed by atoms with Gasteiger partial charge in [0.2, 0.25) is 11.8 Å². The molecule has 0 aliphatic heterocycles. The Morgan fingerprint density at radius 2 is 1.72 bits per heavy atom. The van der Waals surface area contributed by atoms with Crippen molar-refractivity contribution in [1.82, 2.24) is 5.32 Å². The Bertz CT molecular complexity index is 723. The van der Waals surface area contributed by atoms with Crippen LogP contribution in [-0.4, -0.2) is 30.4 Å². The fourth-order valence-electron chi connectivity index (χ4n) is 1.99. The molecule has 2 aromatic carbocycles. The molecule has 7 heteroatoms. The predicted molar refractivity (Wildman–Crippen MR) is 102 cm³/mol. The summed E-state index contributed by atoms with van der Waals surface area (Å²) in [6, 6.07) is 14.4. The molecule has 0 spiro atoms. The second-order valence-electron chi connectivity index (χ2n) is 5.14. The van der Waals surface area contributed by atoms with Crippen molar-refractivity contribution in [3.05, 3.63) is 59.1 Å². The van der Waals surface area contributed by atoms with Gasteiger partial charge in [-0.25, -0.2) is 0 Å². The molecule has 0 radical (unpaired) electrons. The highest BCUT2D eigenvalue weighted by molar-refractivity contribution is 8.00. The van der Waals surface area contributed by atoms with Crippen molar-refractivity contribution < 1.29 is 14.3 Å². The van der Waals surface area contributed by atoms with Crippen molar-refractivity contribution in [2.75, 3.05) is 23.9 Å². The summed E-state index contributed by atoms with van der Waals surface area (Å²) in [6.45, 7) is 0.372. The van der Waals surface area contributed by atoms with Crippen molar-refractivity contribution in [3.63, 3.8) is 0 Å². The number of hydrogen-bond donors (Lipinski definition) is 2. The number of methoxy groups -OCH3 is 1. The van der Waals surface area contributed by atoms with Gasteiger partial charge in [0.1, 0.15) is 5.75 Å². The first-order chi connectivity index (χ1) is 12.1. The molecule has 0 saturated heterocycles. The van der Waals surface area contributed by atoms with E-state index in [2.05, 4.69) is 10.6 Å². The summed E-state index contributed by atoms with van der Waals surface area (Å²) in [5.74, 6) is 0.838. The number of thioether (sulfide) groups is 1. The number of rotatable bonds is 8. The van der Waals surface area contributed by atoms with E-state index >= 15 is 0 Å². The second-order valence-corrected chi connectivity index (χ2v) is 6.53. The van der Waals surface area contributed by atoms with E-state index in [1.54, 1.807) is 37.4 Å². The van der Waals surface area contributed by atoms with Crippen LogP contribution in [0.3, 0.4) is 0 Å². The molecule has 25 heavy (non-hydrogen) atoms. The Morgan fingerprint density at radius 1 is 1.04 bits per heavy atom. The molecule has 2 N–H and O–H groups in total. The van der Waals surface area contributed by atoms with Gasteiger partial charge >= 0.3 is 0 Å². The van der Waals surface area contributed by atoms with Gasteiger partial charge in [-0.05, 0) is 35.9 Å². The van der Waals surface area contributed by atoms with Gasteiger partial charge in [-0.15, -0.1) is 11.8 Å². The smallest absolute Gasteiger partial charge is 0.234 e. The molecule has 5 nitrogen and oxygen atoms in total. The number of carbonyl (C=O) groups excluding carboxylic acids is 2. The summed E-state index contributed by atoms with van der Waals surface area (Å²) in [4.78, 5) is 23.7. The van der Waals surface area contributed by atoms with E-state index in [0.29, 0.717) is 17.3 Å². The molecule has 2 rings (SSSR count). The fourth-order valence-corrected chi connectivity index (χ4v) is 2.84. The first-order valence-corrected chi connectivity index (χ1v) is 9.13. The number of benzene rings is 2. The molecule has 0 fully saturated rings. The van der Waals surface area contributed by atoms with Crippen LogP contribution in [0.25, 0.3) is 0 Å². The average Bonchev–Trinajstić information content (AvgIpc) is 2.61. The molecule has 0 unspecified atom stereocenters. The standard InChI is InChI=1S/C18H19ClN2O3S/c1-24-15-8-6-14(7-9-15)21-18(23)12-25-11-17(22)20-10-13-4-2-3-5-16(13)19/h2-9H,10-12H2,1H3,(H,20,22)(H,21,23). The quantitative estimate of drug-likeness (QED) is 0.739. The zero-order chi connectivity index (χ0) is 18.1. The van der Waals surface area contributed by atoms with E-state index in [1.807, 2.05) is 18.2 Å². The Kier molecular flexibility index (Phi) is 7.63. The highest BCUT2D eigenvalue weighted by atomic mass is 35.5. The largest absolute Gasteiger partial charge is 0.497 e. The zero-order valence-electron chi connectivity index (χ0n) is 13.8. The van der Waals surface area contributed by atoms with Crippen LogP contribution in [-0.2, 0) is 16.1 Å². The third-order valence-electron chi connectivity index (χ3n) is 3.27. The third-order valence-corrected chi connectivity index (χ3v) is 4.58. The number of anilines is 1. The Balaban J connectivity index is 1.66. The van der Waals surface area contributed by atoms with Crippen molar-refractivity contribution >= 4 is 40.9 Å². The molecule has 0 aromatic heterocycles. The normalized spacial score (nSPS) is 10.2. The summed E-state index contributed by atoms with van der Waals surface area (Å²) in [5.41, 5.74) is 1.55. The van der Waals surface area contributed by atoms with Crippen LogP contribution < -0.4 is 15.4 Å². The molecule has 2 amide bonds. The fraction of sp³-hybridized carbons (Fsp3) is 0.222. The van der Waals surface area contributed by atoms with Gasteiger partial charge in [0, 0.05) is 17.3 Å². The van der Waals surface area contributed by atoms with Gasteiger partial charge in [0.05, 0.1) is 18.6 Å². The maximum atomic E-state index is 11.9. The third kappa shape index (κ3) is 6.68. The number of nitrogens with one attached hydrogen (secondary N) is 2. The van der Waals surface area contributed by atoms with Crippen molar-refractivity contribution in [3.8, 4) is 5.75 Å². The molecule has 0 aliphatic rings. The first-order valence-electron chi connectivity index (χ1n) is 7.60. The minimum Gasteiger partial charge on any atom is -0.497 e. The minimum atomic E-state index is -0.158. The monoisotopic (exact) mass is 378 g/mol. The lowest BCUT2D eigenvalue weighted by atomic mass is 10.2. The lowest BCUT2D eigenvalue weighted by molar-refractivity contribution is -0.118. The number of halogens is 1. The van der Waals surface area contributed by atoms with Gasteiger partial charge in [0.15, 0.2) is 0 Å². The summed E-state index contributed by atoms with van der Waals surface area (Å²) >= 11 is 7.29. The molecular formula is C18H19ClN2O3S. The van der Waals surface area contributed by atoms with Gasteiger partial charge in [-0.1, -0.05) is 29.8 Å². The van der Waals surface area contributed by atoms with Crippen LogP contribution in [0.1, 0.15) is 5.56 Å². The Labute approximate surface area is 156 Å². The maximum Gasteiger partial charge on any atom is 0.234 e. The average molecular weight is 379 g/mol. The summed E-state index contributed by atoms with van der Waals surface area (Å²) < 4.78 is 5.06. The van der Waals surface area contributed by atoms with Gasteiger partial charge < -0.3 is 15.4 Å². The van der Waals surface area contributed by atoms with E-state index < -0.39 is 0 Å². The molecule has 0 aliphatic carbocycles. The van der Waals surface area contributed by atoms with Crippen LogP contribution >= 0.6 is 23.4 Å². The first kappa shape index (κ1) is 19.1. The van der Waals surface area contributed by atoms with E-state index in [4.69, 9.17) is 16.3 Å². The Morgan fingerprint density at radius 3 is 2.40 bits per heavy atom. The summed E-state index contributed by atoms with van der Waals surface area (Å²) in [5, 5.41) is 6.17. The SMILES string of the molecule is COc1ccc(NC(=O)CSCC(=O)NCc2ccccc2Cl)cc1. The van der Waals surface area contributed by atoms with Crippen molar-refractivity contribution in [2.45, 2.75) is 6.54 Å².